The molecule has 9 heteroatoms. The van der Waals surface area contributed by atoms with Crippen LogP contribution in [-0.4, -0.2) is 30.1 Å². The molecule has 4 heterocycles. The highest BCUT2D eigenvalue weighted by molar-refractivity contribution is 7.10. The van der Waals surface area contributed by atoms with Crippen LogP contribution in [0.3, 0.4) is 0 Å². The number of aromatic nitrogens is 1. The van der Waals surface area contributed by atoms with Crippen LogP contribution < -0.4 is 19.8 Å². The summed E-state index contributed by atoms with van der Waals surface area (Å²) in [7, 11) is 1.31. The maximum absolute atomic E-state index is 13.8. The zero-order valence-corrected chi connectivity index (χ0v) is 19.3. The van der Waals surface area contributed by atoms with E-state index in [2.05, 4.69) is 4.99 Å². The predicted octanol–water partition coefficient (Wildman–Crippen LogP) is 2.21. The molecule has 0 saturated heterocycles. The van der Waals surface area contributed by atoms with Crippen LogP contribution in [0.4, 0.5) is 5.69 Å². The van der Waals surface area contributed by atoms with E-state index in [1.165, 1.54) is 34.4 Å². The van der Waals surface area contributed by atoms with Gasteiger partial charge in [-0.25, -0.2) is 9.79 Å². The number of carbonyl (C=O) groups is 2. The van der Waals surface area contributed by atoms with Crippen molar-refractivity contribution >= 4 is 45.8 Å². The lowest BCUT2D eigenvalue weighted by Gasteiger charge is -2.22. The van der Waals surface area contributed by atoms with Gasteiger partial charge in [0.2, 0.25) is 0 Å². The van der Waals surface area contributed by atoms with E-state index < -0.39 is 12.0 Å². The van der Waals surface area contributed by atoms with Gasteiger partial charge in [-0.15, -0.1) is 11.3 Å². The molecule has 0 N–H and O–H groups in total. The fourth-order valence-corrected chi connectivity index (χ4v) is 6.23. The second-order valence-electron chi connectivity index (χ2n) is 7.35. The second kappa shape index (κ2) is 7.68. The Bertz CT molecular complexity index is 1480. The van der Waals surface area contributed by atoms with Crippen molar-refractivity contribution in [3.8, 4) is 0 Å². The van der Waals surface area contributed by atoms with Gasteiger partial charge in [0.25, 0.3) is 11.5 Å². The van der Waals surface area contributed by atoms with Gasteiger partial charge in [-0.1, -0.05) is 35.6 Å². The Labute approximate surface area is 191 Å². The maximum Gasteiger partial charge on any atom is 0.338 e. The Morgan fingerprint density at radius 1 is 1.19 bits per heavy atom. The molecule has 1 unspecified atom stereocenters. The molecule has 0 saturated carbocycles. The Balaban J connectivity index is 1.85. The number of thiophene rings is 1. The van der Waals surface area contributed by atoms with Crippen molar-refractivity contribution < 1.29 is 14.3 Å². The fraction of sp³-hybridized carbons (Fsp3) is 0.217. The number of para-hydroxylation sites is 1. The Morgan fingerprint density at radius 2 is 1.97 bits per heavy atom. The smallest absolute Gasteiger partial charge is 0.338 e. The zero-order valence-electron chi connectivity index (χ0n) is 17.6. The summed E-state index contributed by atoms with van der Waals surface area (Å²) in [5.74, 6) is -0.724. The van der Waals surface area contributed by atoms with E-state index in [-0.39, 0.29) is 11.5 Å². The molecule has 1 atom stereocenters. The number of hydrogen-bond donors (Lipinski definition) is 0. The molecule has 0 spiro atoms. The largest absolute Gasteiger partial charge is 0.466 e. The van der Waals surface area contributed by atoms with Crippen LogP contribution in [0.1, 0.15) is 30.3 Å². The standard InChI is InChI=1S/C23H19N3O4S2/c1-4-25-14-9-6-5-8-13(14)17(20(25)27)19-21(28)26-18(15-10-7-11-31-15)16(22(29)30-3)12(2)24-23(26)32-19/h5-11,18H,4H2,1-3H3/b19-17-. The van der Waals surface area contributed by atoms with E-state index >= 15 is 0 Å². The van der Waals surface area contributed by atoms with E-state index in [0.717, 1.165) is 16.1 Å². The van der Waals surface area contributed by atoms with Gasteiger partial charge in [-0.05, 0) is 31.4 Å². The van der Waals surface area contributed by atoms with Crippen molar-refractivity contribution in [2.45, 2.75) is 19.9 Å². The third-order valence-corrected chi connectivity index (χ3v) is 7.66. The third kappa shape index (κ3) is 2.85. The van der Waals surface area contributed by atoms with Gasteiger partial charge >= 0.3 is 5.97 Å². The molecule has 2 aromatic heterocycles. The minimum absolute atomic E-state index is 0.199. The molecule has 2 aliphatic rings. The molecule has 0 radical (unpaired) electrons. The molecule has 162 valence electrons. The van der Waals surface area contributed by atoms with Crippen molar-refractivity contribution in [3.63, 3.8) is 0 Å². The Hall–Kier alpha value is -3.30. The highest BCUT2D eigenvalue weighted by atomic mass is 32.1. The van der Waals surface area contributed by atoms with Crippen LogP contribution in [0.2, 0.25) is 0 Å². The number of nitrogens with zero attached hydrogens (tertiary/aromatic N) is 3. The summed E-state index contributed by atoms with van der Waals surface area (Å²) in [4.78, 5) is 47.2. The second-order valence-corrected chi connectivity index (χ2v) is 9.31. The Morgan fingerprint density at radius 3 is 2.66 bits per heavy atom. The van der Waals surface area contributed by atoms with Gasteiger partial charge in [0.15, 0.2) is 4.80 Å². The van der Waals surface area contributed by atoms with Crippen molar-refractivity contribution in [1.82, 2.24) is 4.57 Å². The number of fused-ring (bicyclic) bond motifs is 2. The molecule has 1 aromatic carbocycles. The van der Waals surface area contributed by atoms with Crippen molar-refractivity contribution in [3.05, 3.63) is 83.2 Å². The molecule has 0 aliphatic carbocycles. The first-order valence-electron chi connectivity index (χ1n) is 10.1. The molecule has 7 nitrogen and oxygen atoms in total. The minimum atomic E-state index is -0.651. The predicted molar refractivity (Wildman–Crippen MR) is 124 cm³/mol. The van der Waals surface area contributed by atoms with Gasteiger partial charge in [0.1, 0.15) is 10.6 Å². The third-order valence-electron chi connectivity index (χ3n) is 5.68. The normalized spacial score (nSPS) is 19.0. The topological polar surface area (TPSA) is 81.0 Å². The zero-order chi connectivity index (χ0) is 22.6. The number of allylic oxidation sites excluding steroid dienone is 1. The first kappa shape index (κ1) is 20.6. The highest BCUT2D eigenvalue weighted by Crippen LogP contribution is 2.36. The number of hydrogen-bond acceptors (Lipinski definition) is 7. The van der Waals surface area contributed by atoms with Gasteiger partial charge in [0.05, 0.1) is 29.6 Å². The lowest BCUT2D eigenvalue weighted by molar-refractivity contribution is -0.136. The maximum atomic E-state index is 13.8. The van der Waals surface area contributed by atoms with Crippen LogP contribution in [0.5, 0.6) is 0 Å². The van der Waals surface area contributed by atoms with Gasteiger partial charge in [0, 0.05) is 17.0 Å². The molecule has 0 bridgehead atoms. The number of carbonyl (C=O) groups excluding carboxylic acids is 2. The molecule has 0 fully saturated rings. The van der Waals surface area contributed by atoms with Crippen LogP contribution in [0.25, 0.3) is 5.57 Å². The molecule has 2 aliphatic heterocycles. The van der Waals surface area contributed by atoms with Crippen LogP contribution in [0, 0.1) is 0 Å². The quantitative estimate of drug-likeness (QED) is 0.556. The molecular formula is C23H19N3O4S2. The minimum Gasteiger partial charge on any atom is -0.466 e. The molecular weight excluding hydrogens is 446 g/mol. The van der Waals surface area contributed by atoms with E-state index in [9.17, 15) is 14.4 Å². The lowest BCUT2D eigenvalue weighted by Crippen LogP contribution is -2.40. The number of rotatable bonds is 3. The van der Waals surface area contributed by atoms with E-state index in [1.807, 2.05) is 48.7 Å². The SMILES string of the molecule is CCN1C(=O)/C(=c2\sc3n(c2=O)C(c2cccs2)C(C(=O)OC)=C(C)N=3)c2ccccc21. The lowest BCUT2D eigenvalue weighted by atomic mass is 10.0. The summed E-state index contributed by atoms with van der Waals surface area (Å²) in [5, 5.41) is 1.90. The number of esters is 1. The van der Waals surface area contributed by atoms with Crippen LogP contribution in [-0.2, 0) is 14.3 Å². The number of thiazole rings is 1. The summed E-state index contributed by atoms with van der Waals surface area (Å²) in [6.07, 6.45) is 0. The first-order chi connectivity index (χ1) is 15.5. The molecule has 1 amide bonds. The van der Waals surface area contributed by atoms with Crippen molar-refractivity contribution in [2.24, 2.45) is 4.99 Å². The summed E-state index contributed by atoms with van der Waals surface area (Å²) >= 11 is 2.63. The van der Waals surface area contributed by atoms with Gasteiger partial charge < -0.3 is 9.64 Å². The number of amides is 1. The fourth-order valence-electron chi connectivity index (χ4n) is 4.27. The van der Waals surface area contributed by atoms with Gasteiger partial charge in [-0.3, -0.25) is 14.2 Å². The average molecular weight is 466 g/mol. The van der Waals surface area contributed by atoms with Gasteiger partial charge in [-0.2, -0.15) is 0 Å². The Kier molecular flexibility index (Phi) is 4.94. The number of methoxy groups -OCH3 is 1. The monoisotopic (exact) mass is 465 g/mol. The van der Waals surface area contributed by atoms with E-state index in [0.29, 0.717) is 32.7 Å². The van der Waals surface area contributed by atoms with E-state index in [4.69, 9.17) is 4.74 Å². The van der Waals surface area contributed by atoms with Crippen molar-refractivity contribution in [1.29, 1.82) is 0 Å². The number of benzene rings is 1. The highest BCUT2D eigenvalue weighted by Gasteiger charge is 2.37. The summed E-state index contributed by atoms with van der Waals surface area (Å²) in [6.45, 7) is 4.14. The summed E-state index contributed by atoms with van der Waals surface area (Å²) in [5.41, 5.74) is 2.41. The number of ether oxygens (including phenoxy) is 1. The number of likely N-dealkylation sites (N-methyl/N-ethyl adjacent to an activating group) is 1. The van der Waals surface area contributed by atoms with E-state index in [1.54, 1.807) is 11.8 Å². The number of anilines is 1. The molecule has 3 aromatic rings. The first-order valence-corrected chi connectivity index (χ1v) is 11.8. The van der Waals surface area contributed by atoms with Crippen LogP contribution in [0.15, 0.2) is 62.8 Å². The van der Waals surface area contributed by atoms with Crippen LogP contribution >= 0.6 is 22.7 Å². The summed E-state index contributed by atoms with van der Waals surface area (Å²) < 4.78 is 6.86. The average Bonchev–Trinajstić information content (AvgIpc) is 3.49. The molecule has 5 rings (SSSR count). The summed E-state index contributed by atoms with van der Waals surface area (Å²) in [6, 6.07) is 10.6. The van der Waals surface area contributed by atoms with Crippen molar-refractivity contribution in [2.75, 3.05) is 18.6 Å². The molecule has 32 heavy (non-hydrogen) atoms.